The standard InChI is InChI=1S/C20H39N5O3.HI/c1-19(2,3)28-18(26)25-13-11-24(12-14-25)10-7-9-22-17(21-5)23-16-20(4)8-6-15-27-20;/h6-16H2,1-5H3,(H2,21,22,23);1H. The Hall–Kier alpha value is -0.810. The van der Waals surface area contributed by atoms with E-state index in [1.165, 1.54) is 0 Å². The van der Waals surface area contributed by atoms with Gasteiger partial charge in [-0.05, 0) is 53.5 Å². The number of ether oxygens (including phenoxy) is 2. The monoisotopic (exact) mass is 525 g/mol. The second-order valence-electron chi connectivity index (χ2n) is 8.92. The Morgan fingerprint density at radius 2 is 1.90 bits per heavy atom. The molecule has 2 aliphatic heterocycles. The molecule has 8 nitrogen and oxygen atoms in total. The van der Waals surface area contributed by atoms with Gasteiger partial charge >= 0.3 is 6.09 Å². The molecule has 9 heteroatoms. The highest BCUT2D eigenvalue weighted by Gasteiger charge is 2.29. The van der Waals surface area contributed by atoms with E-state index < -0.39 is 5.60 Å². The van der Waals surface area contributed by atoms with Gasteiger partial charge in [-0.25, -0.2) is 4.79 Å². The Bertz CT molecular complexity index is 525. The Balaban J connectivity index is 0.00000420. The lowest BCUT2D eigenvalue weighted by molar-refractivity contribution is 0.0145. The van der Waals surface area contributed by atoms with Gasteiger partial charge < -0.3 is 25.0 Å². The molecule has 170 valence electrons. The van der Waals surface area contributed by atoms with E-state index in [1.807, 2.05) is 20.8 Å². The van der Waals surface area contributed by atoms with Crippen molar-refractivity contribution < 1.29 is 14.3 Å². The number of hydrogen-bond acceptors (Lipinski definition) is 5. The molecular weight excluding hydrogens is 485 g/mol. The normalized spacial score (nSPS) is 23.5. The van der Waals surface area contributed by atoms with Crippen molar-refractivity contribution in [2.45, 2.75) is 58.2 Å². The van der Waals surface area contributed by atoms with E-state index in [2.05, 4.69) is 27.4 Å². The van der Waals surface area contributed by atoms with Crippen molar-refractivity contribution in [2.75, 3.05) is 59.5 Å². The third kappa shape index (κ3) is 9.69. The molecule has 1 amide bonds. The molecule has 0 radical (unpaired) electrons. The van der Waals surface area contributed by atoms with E-state index in [4.69, 9.17) is 9.47 Å². The number of nitrogens with one attached hydrogen (secondary N) is 2. The van der Waals surface area contributed by atoms with Crippen LogP contribution in [-0.2, 0) is 9.47 Å². The van der Waals surface area contributed by atoms with E-state index in [9.17, 15) is 4.79 Å². The van der Waals surface area contributed by atoms with E-state index in [-0.39, 0.29) is 35.7 Å². The molecule has 0 aromatic heterocycles. The lowest BCUT2D eigenvalue weighted by Gasteiger charge is -2.35. The van der Waals surface area contributed by atoms with Gasteiger partial charge in [0.2, 0.25) is 0 Å². The number of halogens is 1. The van der Waals surface area contributed by atoms with Gasteiger partial charge in [0.25, 0.3) is 0 Å². The second-order valence-corrected chi connectivity index (χ2v) is 8.92. The summed E-state index contributed by atoms with van der Waals surface area (Å²) < 4.78 is 11.2. The highest BCUT2D eigenvalue weighted by atomic mass is 127. The number of carbonyl (C=O) groups excluding carboxylic acids is 1. The third-order valence-electron chi connectivity index (χ3n) is 5.12. The SMILES string of the molecule is CN=C(NCCCN1CCN(C(=O)OC(C)(C)C)CC1)NCC1(C)CCCO1.I. The molecule has 29 heavy (non-hydrogen) atoms. The van der Waals surface area contributed by atoms with Gasteiger partial charge in [-0.15, -0.1) is 24.0 Å². The molecule has 0 spiro atoms. The summed E-state index contributed by atoms with van der Waals surface area (Å²) in [5, 5.41) is 6.74. The summed E-state index contributed by atoms with van der Waals surface area (Å²) in [6.07, 6.45) is 3.04. The summed E-state index contributed by atoms with van der Waals surface area (Å²) in [6, 6.07) is 0. The first-order valence-electron chi connectivity index (χ1n) is 10.5. The number of aliphatic imine (C=N–C) groups is 1. The molecule has 0 saturated carbocycles. The fourth-order valence-corrected chi connectivity index (χ4v) is 3.46. The fraction of sp³-hybridized carbons (Fsp3) is 0.900. The van der Waals surface area contributed by atoms with Crippen molar-refractivity contribution in [1.82, 2.24) is 20.4 Å². The molecule has 0 aromatic carbocycles. The lowest BCUT2D eigenvalue weighted by atomic mass is 10.0. The van der Waals surface area contributed by atoms with Crippen LogP contribution in [0.25, 0.3) is 0 Å². The largest absolute Gasteiger partial charge is 0.444 e. The number of carbonyl (C=O) groups is 1. The Morgan fingerprint density at radius 3 is 2.45 bits per heavy atom. The molecule has 0 aromatic rings. The van der Waals surface area contributed by atoms with Crippen LogP contribution in [0.5, 0.6) is 0 Å². The number of rotatable bonds is 6. The zero-order valence-electron chi connectivity index (χ0n) is 18.8. The molecular formula is C20H40IN5O3. The highest BCUT2D eigenvalue weighted by Crippen LogP contribution is 2.23. The second kappa shape index (κ2) is 12.1. The van der Waals surface area contributed by atoms with Gasteiger partial charge in [-0.2, -0.15) is 0 Å². The van der Waals surface area contributed by atoms with Crippen molar-refractivity contribution in [3.8, 4) is 0 Å². The Kier molecular flexibility index (Phi) is 11.0. The average Bonchev–Trinajstić information content (AvgIpc) is 3.07. The molecule has 1 atom stereocenters. The maximum atomic E-state index is 12.1. The molecule has 2 rings (SSSR count). The van der Waals surface area contributed by atoms with Gasteiger partial charge in [0.05, 0.1) is 5.60 Å². The molecule has 2 fully saturated rings. The summed E-state index contributed by atoms with van der Waals surface area (Å²) in [5.74, 6) is 0.825. The zero-order valence-corrected chi connectivity index (χ0v) is 21.1. The summed E-state index contributed by atoms with van der Waals surface area (Å²) in [7, 11) is 1.79. The minimum atomic E-state index is -0.437. The molecule has 0 aliphatic carbocycles. The predicted octanol–water partition coefficient (Wildman–Crippen LogP) is 2.28. The third-order valence-corrected chi connectivity index (χ3v) is 5.12. The summed E-state index contributed by atoms with van der Waals surface area (Å²) in [6.45, 7) is 14.6. The number of nitrogens with zero attached hydrogens (tertiary/aromatic N) is 3. The maximum Gasteiger partial charge on any atom is 0.410 e. The minimum absolute atomic E-state index is 0. The number of guanidine groups is 1. The van der Waals surface area contributed by atoms with Crippen LogP contribution in [-0.4, -0.2) is 92.5 Å². The summed E-state index contributed by atoms with van der Waals surface area (Å²) in [4.78, 5) is 20.6. The van der Waals surface area contributed by atoms with Crippen LogP contribution in [0.3, 0.4) is 0 Å². The number of amides is 1. The van der Waals surface area contributed by atoms with Crippen molar-refractivity contribution in [3.63, 3.8) is 0 Å². The molecule has 0 bridgehead atoms. The summed E-state index contributed by atoms with van der Waals surface area (Å²) in [5.41, 5.74) is -0.515. The molecule has 2 saturated heterocycles. The lowest BCUT2D eigenvalue weighted by Crippen LogP contribution is -2.50. The first kappa shape index (κ1) is 26.2. The van der Waals surface area contributed by atoms with Crippen LogP contribution in [0.4, 0.5) is 4.79 Å². The molecule has 2 N–H and O–H groups in total. The van der Waals surface area contributed by atoms with Crippen molar-refractivity contribution in [2.24, 2.45) is 4.99 Å². The Labute approximate surface area is 193 Å². The van der Waals surface area contributed by atoms with E-state index in [0.29, 0.717) is 0 Å². The number of hydrogen-bond donors (Lipinski definition) is 2. The molecule has 2 aliphatic rings. The van der Waals surface area contributed by atoms with Gasteiger partial charge in [-0.3, -0.25) is 9.89 Å². The summed E-state index contributed by atoms with van der Waals surface area (Å²) >= 11 is 0. The quantitative estimate of drug-likeness (QED) is 0.240. The first-order chi connectivity index (χ1) is 13.2. The van der Waals surface area contributed by atoms with Gasteiger partial charge in [-0.1, -0.05) is 0 Å². The first-order valence-corrected chi connectivity index (χ1v) is 10.5. The highest BCUT2D eigenvalue weighted by molar-refractivity contribution is 14.0. The van der Waals surface area contributed by atoms with Crippen LogP contribution < -0.4 is 10.6 Å². The predicted molar refractivity (Wildman–Crippen MR) is 127 cm³/mol. The number of piperazine rings is 1. The van der Waals surface area contributed by atoms with E-state index >= 15 is 0 Å². The van der Waals surface area contributed by atoms with Crippen LogP contribution in [0.1, 0.15) is 47.0 Å². The Morgan fingerprint density at radius 1 is 1.21 bits per heavy atom. The topological polar surface area (TPSA) is 78.4 Å². The van der Waals surface area contributed by atoms with Crippen LogP contribution >= 0.6 is 24.0 Å². The zero-order chi connectivity index (χ0) is 20.6. The molecule has 2 heterocycles. The van der Waals surface area contributed by atoms with Crippen molar-refractivity contribution in [3.05, 3.63) is 0 Å². The molecule has 1 unspecified atom stereocenters. The minimum Gasteiger partial charge on any atom is -0.444 e. The smallest absolute Gasteiger partial charge is 0.410 e. The van der Waals surface area contributed by atoms with E-state index in [1.54, 1.807) is 11.9 Å². The van der Waals surface area contributed by atoms with Crippen LogP contribution in [0.2, 0.25) is 0 Å². The van der Waals surface area contributed by atoms with Crippen molar-refractivity contribution in [1.29, 1.82) is 0 Å². The van der Waals surface area contributed by atoms with Crippen LogP contribution in [0, 0.1) is 0 Å². The average molecular weight is 525 g/mol. The van der Waals surface area contributed by atoms with Crippen LogP contribution in [0.15, 0.2) is 4.99 Å². The van der Waals surface area contributed by atoms with Gasteiger partial charge in [0.1, 0.15) is 5.60 Å². The van der Waals surface area contributed by atoms with Crippen molar-refractivity contribution >= 4 is 36.0 Å². The fourth-order valence-electron chi connectivity index (χ4n) is 3.46. The van der Waals surface area contributed by atoms with Gasteiger partial charge in [0.15, 0.2) is 5.96 Å². The van der Waals surface area contributed by atoms with E-state index in [0.717, 1.165) is 77.6 Å². The maximum absolute atomic E-state index is 12.1. The van der Waals surface area contributed by atoms with Gasteiger partial charge in [0, 0.05) is 52.9 Å².